The second-order valence-corrected chi connectivity index (χ2v) is 5.12. The molecular weight excluding hydrogens is 278 g/mol. The molecule has 2 aliphatic heterocycles. The van der Waals surface area contributed by atoms with E-state index in [0.29, 0.717) is 18.5 Å². The van der Waals surface area contributed by atoms with Crippen LogP contribution in [0.4, 0.5) is 5.69 Å². The van der Waals surface area contributed by atoms with Crippen molar-refractivity contribution >= 4 is 29.9 Å². The number of hydrogen-bond donors (Lipinski definition) is 2. The first kappa shape index (κ1) is 14.7. The van der Waals surface area contributed by atoms with Gasteiger partial charge in [0.2, 0.25) is 5.91 Å². The van der Waals surface area contributed by atoms with Gasteiger partial charge in [0, 0.05) is 31.4 Å². The molecule has 2 heterocycles. The van der Waals surface area contributed by atoms with Crippen LogP contribution in [0.15, 0.2) is 18.2 Å². The zero-order chi connectivity index (χ0) is 13.4. The lowest BCUT2D eigenvalue weighted by molar-refractivity contribution is -0.128. The Kier molecular flexibility index (Phi) is 4.18. The normalized spacial score (nSPS) is 20.1. The summed E-state index contributed by atoms with van der Waals surface area (Å²) in [5.41, 5.74) is 2.90. The minimum absolute atomic E-state index is 0. The van der Waals surface area contributed by atoms with E-state index in [0.717, 1.165) is 18.7 Å². The highest BCUT2D eigenvalue weighted by Crippen LogP contribution is 2.23. The summed E-state index contributed by atoms with van der Waals surface area (Å²) in [6.07, 6.45) is 1.63. The van der Waals surface area contributed by atoms with Crippen LogP contribution in [0.2, 0.25) is 0 Å². The van der Waals surface area contributed by atoms with Crippen LogP contribution >= 0.6 is 12.4 Å². The number of rotatable bonds is 2. The summed E-state index contributed by atoms with van der Waals surface area (Å²) in [4.78, 5) is 25.6. The molecule has 108 valence electrons. The van der Waals surface area contributed by atoms with Gasteiger partial charge in [0.15, 0.2) is 0 Å². The Bertz CT molecular complexity index is 547. The number of halogens is 1. The van der Waals surface area contributed by atoms with Crippen molar-refractivity contribution in [2.24, 2.45) is 0 Å². The minimum Gasteiger partial charge on any atom is -0.384 e. The Morgan fingerprint density at radius 1 is 1.45 bits per heavy atom. The fraction of sp³-hybridized carbons (Fsp3) is 0.429. The lowest BCUT2D eigenvalue weighted by Gasteiger charge is -2.12. The van der Waals surface area contributed by atoms with Gasteiger partial charge in [-0.15, -0.1) is 12.4 Å². The molecule has 2 N–H and O–H groups in total. The first-order chi connectivity index (χ1) is 9.15. The van der Waals surface area contributed by atoms with Gasteiger partial charge in [0.1, 0.15) is 6.04 Å². The number of nitrogens with zero attached hydrogens (tertiary/aromatic N) is 1. The van der Waals surface area contributed by atoms with Gasteiger partial charge >= 0.3 is 0 Å². The van der Waals surface area contributed by atoms with Crippen molar-refractivity contribution in [3.05, 3.63) is 29.3 Å². The first-order valence-electron chi connectivity index (χ1n) is 6.58. The minimum atomic E-state index is -0.371. The summed E-state index contributed by atoms with van der Waals surface area (Å²) in [7, 11) is 1.76. The van der Waals surface area contributed by atoms with Crippen LogP contribution in [0, 0.1) is 0 Å². The molecule has 5 nitrogen and oxygen atoms in total. The molecular formula is C14H18ClN3O2. The standard InChI is InChI=1S/C14H17N3O2.ClH/c1-17-7-5-12(14(17)19)16-13(18)10-2-3-11-9(8-10)4-6-15-11;/h2-3,8,12,15H,4-7H2,1H3,(H,16,18);1H. The molecule has 3 rings (SSSR count). The van der Waals surface area contributed by atoms with Gasteiger partial charge in [-0.2, -0.15) is 0 Å². The molecule has 1 aromatic carbocycles. The van der Waals surface area contributed by atoms with Gasteiger partial charge in [-0.25, -0.2) is 0 Å². The third kappa shape index (κ3) is 2.58. The molecule has 1 fully saturated rings. The number of fused-ring (bicyclic) bond motifs is 1. The van der Waals surface area contributed by atoms with Crippen molar-refractivity contribution < 1.29 is 9.59 Å². The van der Waals surface area contributed by atoms with Gasteiger partial charge in [-0.05, 0) is 36.6 Å². The molecule has 20 heavy (non-hydrogen) atoms. The number of nitrogens with one attached hydrogen (secondary N) is 2. The van der Waals surface area contributed by atoms with Crippen LogP contribution in [0.1, 0.15) is 22.3 Å². The summed E-state index contributed by atoms with van der Waals surface area (Å²) in [6.45, 7) is 1.63. The van der Waals surface area contributed by atoms with E-state index in [1.165, 1.54) is 5.56 Å². The van der Waals surface area contributed by atoms with Crippen molar-refractivity contribution in [1.82, 2.24) is 10.2 Å². The Balaban J connectivity index is 0.00000147. The van der Waals surface area contributed by atoms with Crippen LogP contribution in [0.5, 0.6) is 0 Å². The van der Waals surface area contributed by atoms with Crippen molar-refractivity contribution in [1.29, 1.82) is 0 Å². The largest absolute Gasteiger partial charge is 0.384 e. The van der Waals surface area contributed by atoms with E-state index in [1.807, 2.05) is 12.1 Å². The molecule has 0 spiro atoms. The summed E-state index contributed by atoms with van der Waals surface area (Å²) < 4.78 is 0. The van der Waals surface area contributed by atoms with Crippen molar-refractivity contribution in [2.75, 3.05) is 25.5 Å². The molecule has 1 atom stereocenters. The number of hydrogen-bond acceptors (Lipinski definition) is 3. The second kappa shape index (κ2) is 5.71. The predicted molar refractivity (Wildman–Crippen MR) is 79.4 cm³/mol. The Morgan fingerprint density at radius 2 is 2.25 bits per heavy atom. The Labute approximate surface area is 124 Å². The Hall–Kier alpha value is -1.75. The second-order valence-electron chi connectivity index (χ2n) is 5.12. The SMILES string of the molecule is CN1CCC(NC(=O)c2ccc3c(c2)CCN3)C1=O.Cl. The number of likely N-dealkylation sites (N-methyl/N-ethyl adjacent to an activating group) is 1. The zero-order valence-electron chi connectivity index (χ0n) is 11.3. The van der Waals surface area contributed by atoms with Crippen LogP contribution in [-0.2, 0) is 11.2 Å². The van der Waals surface area contributed by atoms with E-state index in [2.05, 4.69) is 10.6 Å². The number of benzene rings is 1. The van der Waals surface area contributed by atoms with E-state index in [-0.39, 0.29) is 30.3 Å². The summed E-state index contributed by atoms with van der Waals surface area (Å²) >= 11 is 0. The van der Waals surface area contributed by atoms with Gasteiger partial charge < -0.3 is 15.5 Å². The van der Waals surface area contributed by atoms with Gasteiger partial charge in [-0.3, -0.25) is 9.59 Å². The van der Waals surface area contributed by atoms with Gasteiger partial charge in [0.05, 0.1) is 0 Å². The van der Waals surface area contributed by atoms with E-state index in [4.69, 9.17) is 0 Å². The fourth-order valence-electron chi connectivity index (χ4n) is 2.64. The van der Waals surface area contributed by atoms with Crippen molar-refractivity contribution in [3.8, 4) is 0 Å². The highest BCUT2D eigenvalue weighted by Gasteiger charge is 2.30. The van der Waals surface area contributed by atoms with Gasteiger partial charge in [0.25, 0.3) is 5.91 Å². The van der Waals surface area contributed by atoms with E-state index in [1.54, 1.807) is 18.0 Å². The number of likely N-dealkylation sites (tertiary alicyclic amines) is 1. The van der Waals surface area contributed by atoms with Crippen LogP contribution in [-0.4, -0.2) is 42.9 Å². The van der Waals surface area contributed by atoms with Gasteiger partial charge in [-0.1, -0.05) is 0 Å². The van der Waals surface area contributed by atoms with Crippen LogP contribution in [0.25, 0.3) is 0 Å². The van der Waals surface area contributed by atoms with Crippen molar-refractivity contribution in [3.63, 3.8) is 0 Å². The first-order valence-corrected chi connectivity index (χ1v) is 6.58. The van der Waals surface area contributed by atoms with E-state index >= 15 is 0 Å². The summed E-state index contributed by atoms with van der Waals surface area (Å²) in [6, 6.07) is 5.27. The molecule has 0 saturated carbocycles. The quantitative estimate of drug-likeness (QED) is 0.857. The summed E-state index contributed by atoms with van der Waals surface area (Å²) in [5, 5.41) is 6.08. The average molecular weight is 296 g/mol. The van der Waals surface area contributed by atoms with E-state index < -0.39 is 0 Å². The molecule has 1 unspecified atom stereocenters. The van der Waals surface area contributed by atoms with Crippen molar-refractivity contribution in [2.45, 2.75) is 18.9 Å². The number of anilines is 1. The molecule has 0 aliphatic carbocycles. The maximum absolute atomic E-state index is 12.2. The molecule has 0 bridgehead atoms. The zero-order valence-corrected chi connectivity index (χ0v) is 12.1. The molecule has 2 aliphatic rings. The lowest BCUT2D eigenvalue weighted by Crippen LogP contribution is -2.40. The molecule has 0 aromatic heterocycles. The summed E-state index contributed by atoms with van der Waals surface area (Å²) in [5.74, 6) is -0.167. The maximum Gasteiger partial charge on any atom is 0.251 e. The average Bonchev–Trinajstić information content (AvgIpc) is 2.99. The molecule has 1 aromatic rings. The molecule has 6 heteroatoms. The third-order valence-electron chi connectivity index (χ3n) is 3.81. The lowest BCUT2D eigenvalue weighted by atomic mass is 10.1. The number of carbonyl (C=O) groups is 2. The highest BCUT2D eigenvalue weighted by molar-refractivity contribution is 5.98. The van der Waals surface area contributed by atoms with Crippen LogP contribution in [0.3, 0.4) is 0 Å². The Morgan fingerprint density at radius 3 is 2.95 bits per heavy atom. The molecule has 0 radical (unpaired) electrons. The number of amides is 2. The monoisotopic (exact) mass is 295 g/mol. The molecule has 2 amide bonds. The molecule has 1 saturated heterocycles. The predicted octanol–water partition coefficient (Wildman–Crippen LogP) is 1.04. The maximum atomic E-state index is 12.2. The number of carbonyl (C=O) groups excluding carboxylic acids is 2. The highest BCUT2D eigenvalue weighted by atomic mass is 35.5. The smallest absolute Gasteiger partial charge is 0.251 e. The fourth-order valence-corrected chi connectivity index (χ4v) is 2.64. The van der Waals surface area contributed by atoms with E-state index in [9.17, 15) is 9.59 Å². The topological polar surface area (TPSA) is 61.4 Å². The van der Waals surface area contributed by atoms with Crippen LogP contribution < -0.4 is 10.6 Å². The third-order valence-corrected chi connectivity index (χ3v) is 3.81.